The molecule has 8 nitrogen and oxygen atoms in total. The van der Waals surface area contributed by atoms with Crippen LogP contribution in [0.15, 0.2) is 9.59 Å². The van der Waals surface area contributed by atoms with E-state index in [1.807, 2.05) is 0 Å². The third-order valence-electron chi connectivity index (χ3n) is 2.94. The lowest BCUT2D eigenvalue weighted by Gasteiger charge is -2.21. The van der Waals surface area contributed by atoms with Gasteiger partial charge in [-0.3, -0.25) is 18.7 Å². The highest BCUT2D eigenvalue weighted by Gasteiger charge is 2.20. The summed E-state index contributed by atoms with van der Waals surface area (Å²) in [4.78, 5) is 36.9. The van der Waals surface area contributed by atoms with Crippen LogP contribution in [0.1, 0.15) is 12.5 Å². The summed E-state index contributed by atoms with van der Waals surface area (Å²) in [6, 6.07) is 1.09. The number of nitrogens with zero attached hydrogens (tertiary/aromatic N) is 4. The summed E-state index contributed by atoms with van der Waals surface area (Å²) in [6.45, 7) is 1.59. The number of aromatic nitrogens is 2. The van der Waals surface area contributed by atoms with Crippen molar-refractivity contribution in [1.29, 1.82) is 5.26 Å². The van der Waals surface area contributed by atoms with Crippen molar-refractivity contribution < 1.29 is 4.79 Å². The van der Waals surface area contributed by atoms with Crippen LogP contribution < -0.4 is 16.6 Å². The highest BCUT2D eigenvalue weighted by molar-refractivity contribution is 5.83. The highest BCUT2D eigenvalue weighted by Crippen LogP contribution is 2.09. The maximum absolute atomic E-state index is 11.9. The van der Waals surface area contributed by atoms with E-state index in [0.29, 0.717) is 0 Å². The molecule has 0 radical (unpaired) electrons. The van der Waals surface area contributed by atoms with E-state index in [1.54, 1.807) is 27.1 Å². The number of carbonyl (C=O) groups is 1. The molecule has 0 bridgehead atoms. The Morgan fingerprint density at radius 1 is 1.30 bits per heavy atom. The molecule has 0 unspecified atom stereocenters. The van der Waals surface area contributed by atoms with Crippen molar-refractivity contribution in [3.8, 4) is 6.07 Å². The second-order valence-electron chi connectivity index (χ2n) is 4.64. The highest BCUT2D eigenvalue weighted by atomic mass is 16.2. The normalized spacial score (nSPS) is 11.6. The number of carbonyl (C=O) groups excluding carboxylic acids is 1. The van der Waals surface area contributed by atoms with Crippen molar-refractivity contribution in [1.82, 2.24) is 14.0 Å². The maximum atomic E-state index is 11.9. The number of hydrogen-bond acceptors (Lipinski definition) is 5. The molecule has 108 valence electrons. The lowest BCUT2D eigenvalue weighted by molar-refractivity contribution is -0.129. The summed E-state index contributed by atoms with van der Waals surface area (Å²) in [6.07, 6.45) is 0. The fraction of sp³-hybridized carbons (Fsp3) is 0.500. The second-order valence-corrected chi connectivity index (χ2v) is 4.64. The van der Waals surface area contributed by atoms with E-state index in [-0.39, 0.29) is 17.3 Å². The van der Waals surface area contributed by atoms with Gasteiger partial charge in [-0.25, -0.2) is 4.79 Å². The first-order valence-electron chi connectivity index (χ1n) is 5.90. The van der Waals surface area contributed by atoms with Gasteiger partial charge in [0.25, 0.3) is 5.56 Å². The molecule has 0 aliphatic rings. The first-order valence-corrected chi connectivity index (χ1v) is 5.90. The minimum Gasteiger partial charge on any atom is -0.359 e. The molecule has 1 amide bonds. The van der Waals surface area contributed by atoms with Crippen molar-refractivity contribution in [2.75, 3.05) is 19.4 Å². The predicted molar refractivity (Wildman–Crippen MR) is 73.4 cm³/mol. The van der Waals surface area contributed by atoms with Gasteiger partial charge in [-0.15, -0.1) is 0 Å². The fourth-order valence-electron chi connectivity index (χ4n) is 1.77. The second kappa shape index (κ2) is 5.61. The number of likely N-dealkylation sites (N-methyl/N-ethyl adjacent to an activating group) is 1. The fourth-order valence-corrected chi connectivity index (χ4v) is 1.77. The summed E-state index contributed by atoms with van der Waals surface area (Å²) < 4.78 is 1.99. The minimum atomic E-state index is -0.692. The van der Waals surface area contributed by atoms with Crippen LogP contribution in [0.25, 0.3) is 0 Å². The number of nitrogens with one attached hydrogen (secondary N) is 1. The number of anilines is 1. The van der Waals surface area contributed by atoms with E-state index in [9.17, 15) is 14.4 Å². The Labute approximate surface area is 115 Å². The molecular weight excluding hydrogens is 262 g/mol. The molecule has 1 heterocycles. The molecule has 1 rings (SSSR count). The Kier molecular flexibility index (Phi) is 4.34. The zero-order valence-corrected chi connectivity index (χ0v) is 12.1. The van der Waals surface area contributed by atoms with Crippen molar-refractivity contribution in [3.63, 3.8) is 0 Å². The monoisotopic (exact) mass is 279 g/mol. The molecule has 1 N–H and O–H groups in total. The van der Waals surface area contributed by atoms with Crippen LogP contribution >= 0.6 is 0 Å². The average molecular weight is 279 g/mol. The van der Waals surface area contributed by atoms with E-state index in [4.69, 9.17) is 5.26 Å². The summed E-state index contributed by atoms with van der Waals surface area (Å²) in [5.74, 6) is -0.190. The Morgan fingerprint density at radius 2 is 1.85 bits per heavy atom. The quantitative estimate of drug-likeness (QED) is 0.752. The Balaban J connectivity index is 3.41. The van der Waals surface area contributed by atoms with E-state index < -0.39 is 17.3 Å². The first kappa shape index (κ1) is 15.5. The van der Waals surface area contributed by atoms with Gasteiger partial charge in [0.1, 0.15) is 17.9 Å². The van der Waals surface area contributed by atoms with Crippen LogP contribution in [0.4, 0.5) is 5.82 Å². The van der Waals surface area contributed by atoms with Crippen LogP contribution in [0, 0.1) is 11.3 Å². The molecule has 1 atom stereocenters. The molecule has 0 saturated heterocycles. The third kappa shape index (κ3) is 2.56. The Morgan fingerprint density at radius 3 is 2.30 bits per heavy atom. The smallest absolute Gasteiger partial charge is 0.332 e. The van der Waals surface area contributed by atoms with Crippen molar-refractivity contribution in [2.45, 2.75) is 13.0 Å². The van der Waals surface area contributed by atoms with Gasteiger partial charge < -0.3 is 10.2 Å². The standard InChI is InChI=1S/C12H17N5O3/c1-7(10(18)15(2)3)14-9-8(6-13)11(19)17(5)12(20)16(9)4/h7,14H,1-5H3/t7-/m0/s1. The number of rotatable bonds is 3. The number of hydrogen-bond donors (Lipinski definition) is 1. The van der Waals surface area contributed by atoms with Crippen LogP contribution in [0.5, 0.6) is 0 Å². The molecule has 0 saturated carbocycles. The van der Waals surface area contributed by atoms with Crippen LogP contribution in [0.3, 0.4) is 0 Å². The Bertz CT molecular complexity index is 693. The lowest BCUT2D eigenvalue weighted by atomic mass is 10.2. The first-order chi connectivity index (χ1) is 9.22. The molecule has 20 heavy (non-hydrogen) atoms. The molecule has 0 fully saturated rings. The van der Waals surface area contributed by atoms with Crippen molar-refractivity contribution >= 4 is 11.7 Å². The van der Waals surface area contributed by atoms with Crippen LogP contribution in [-0.2, 0) is 18.9 Å². The maximum Gasteiger partial charge on any atom is 0.332 e. The molecule has 0 spiro atoms. The summed E-state index contributed by atoms with van der Waals surface area (Å²) in [5, 5.41) is 11.8. The van der Waals surface area contributed by atoms with Gasteiger partial charge >= 0.3 is 5.69 Å². The molecule has 0 aliphatic carbocycles. The summed E-state index contributed by atoms with van der Waals surface area (Å²) >= 11 is 0. The number of nitriles is 1. The SMILES string of the molecule is C[C@H](Nc1c(C#N)c(=O)n(C)c(=O)n1C)C(=O)N(C)C. The number of amides is 1. The van der Waals surface area contributed by atoms with Gasteiger partial charge in [-0.2, -0.15) is 5.26 Å². The third-order valence-corrected chi connectivity index (χ3v) is 2.94. The Hall–Kier alpha value is -2.56. The molecule has 1 aromatic rings. The molecule has 0 aromatic carbocycles. The lowest BCUT2D eigenvalue weighted by Crippen LogP contribution is -2.43. The van der Waals surface area contributed by atoms with Gasteiger partial charge in [0.05, 0.1) is 0 Å². The minimum absolute atomic E-state index is 0.0447. The average Bonchev–Trinajstić information content (AvgIpc) is 2.41. The van der Waals surface area contributed by atoms with E-state index in [0.717, 1.165) is 9.13 Å². The predicted octanol–water partition coefficient (Wildman–Crippen LogP) is -1.16. The van der Waals surface area contributed by atoms with Crippen LogP contribution in [-0.4, -0.2) is 40.1 Å². The summed E-state index contributed by atoms with van der Waals surface area (Å²) in [5.41, 5.74) is -1.46. The largest absolute Gasteiger partial charge is 0.359 e. The van der Waals surface area contributed by atoms with E-state index in [1.165, 1.54) is 19.0 Å². The van der Waals surface area contributed by atoms with Gasteiger partial charge in [-0.1, -0.05) is 0 Å². The van der Waals surface area contributed by atoms with Gasteiger partial charge in [0.2, 0.25) is 5.91 Å². The van der Waals surface area contributed by atoms with E-state index in [2.05, 4.69) is 5.32 Å². The molecule has 0 aliphatic heterocycles. The summed E-state index contributed by atoms with van der Waals surface area (Å²) in [7, 11) is 5.91. The zero-order chi connectivity index (χ0) is 15.6. The molecular formula is C12H17N5O3. The zero-order valence-electron chi connectivity index (χ0n) is 12.1. The van der Waals surface area contributed by atoms with Crippen molar-refractivity contribution in [2.24, 2.45) is 14.1 Å². The molecule has 1 aromatic heterocycles. The van der Waals surface area contributed by atoms with E-state index >= 15 is 0 Å². The van der Waals surface area contributed by atoms with Gasteiger partial charge in [0, 0.05) is 28.2 Å². The van der Waals surface area contributed by atoms with Gasteiger partial charge in [-0.05, 0) is 6.92 Å². The molecule has 8 heteroatoms. The van der Waals surface area contributed by atoms with Crippen LogP contribution in [0.2, 0.25) is 0 Å². The van der Waals surface area contributed by atoms with Crippen molar-refractivity contribution in [3.05, 3.63) is 26.4 Å². The van der Waals surface area contributed by atoms with Gasteiger partial charge in [0.15, 0.2) is 5.56 Å². The topological polar surface area (TPSA) is 100 Å².